The van der Waals surface area contributed by atoms with E-state index in [-0.39, 0.29) is 0 Å². The Hall–Kier alpha value is 0.125. The lowest BCUT2D eigenvalue weighted by molar-refractivity contribution is -0.110. The summed E-state index contributed by atoms with van der Waals surface area (Å²) < 4.78 is 0. The Balaban J connectivity index is 3.06. The molecule has 0 aliphatic carbocycles. The minimum Gasteiger partial charge on any atom is -0.356 e. The molecule has 0 fully saturated rings. The molecule has 0 aromatic rings. The van der Waals surface area contributed by atoms with Gasteiger partial charge in [0.05, 0.1) is 0 Å². The second-order valence-electron chi connectivity index (χ2n) is 1.88. The summed E-state index contributed by atoms with van der Waals surface area (Å²) in [6, 6.07) is 0. The molecule has 9 heavy (non-hydrogen) atoms. The van der Waals surface area contributed by atoms with E-state index in [1.807, 2.05) is 0 Å². The Morgan fingerprint density at radius 1 is 1.78 bits per heavy atom. The first-order valence-corrected chi connectivity index (χ1v) is 4.43. The van der Waals surface area contributed by atoms with Crippen molar-refractivity contribution in [1.82, 2.24) is 5.23 Å². The third kappa shape index (κ3) is 6.00. The quantitative estimate of drug-likeness (QED) is 0.426. The van der Waals surface area contributed by atoms with Crippen LogP contribution in [-0.2, 0) is 4.79 Å². The minimum absolute atomic E-state index is 0.347. The van der Waals surface area contributed by atoms with Gasteiger partial charge >= 0.3 is 0 Å². The summed E-state index contributed by atoms with van der Waals surface area (Å²) in [6.45, 7) is 2.64. The fraction of sp³-hybridized carbons (Fsp3) is 0.800. The van der Waals surface area contributed by atoms with E-state index in [1.165, 1.54) is 0 Å². The van der Waals surface area contributed by atoms with Crippen molar-refractivity contribution in [1.29, 1.82) is 0 Å². The monoisotopic (exact) mass is 145 g/mol. The van der Waals surface area contributed by atoms with E-state index in [4.69, 9.17) is 0 Å². The number of hydrogen-bond donors (Lipinski definition) is 1. The highest BCUT2D eigenvalue weighted by Gasteiger charge is 1.95. The van der Waals surface area contributed by atoms with Gasteiger partial charge in [0.1, 0.15) is 0 Å². The zero-order valence-electron chi connectivity index (χ0n) is 6.03. The first kappa shape index (κ1) is 9.12. The number of rotatable bonds is 5. The molecule has 1 N–H and O–H groups in total. The van der Waals surface area contributed by atoms with Gasteiger partial charge in [0.25, 0.3) is 0 Å². The maximum absolute atomic E-state index is 10.8. The van der Waals surface area contributed by atoms with Gasteiger partial charge in [-0.3, -0.25) is 4.79 Å². The number of carbonyl (C=O) groups excluding carboxylic acids is 1. The summed E-state index contributed by atoms with van der Waals surface area (Å²) in [4.78, 5) is 10.8. The summed E-state index contributed by atoms with van der Waals surface area (Å²) in [5.74, 6) is 0. The van der Waals surface area contributed by atoms with Crippen molar-refractivity contribution >= 4 is 22.1 Å². The Morgan fingerprint density at radius 3 is 2.89 bits per heavy atom. The summed E-state index contributed by atoms with van der Waals surface area (Å²) in [6.07, 6.45) is 2.18. The Kier molecular flexibility index (Phi) is 6.33. The van der Waals surface area contributed by atoms with Crippen LogP contribution in [0.15, 0.2) is 0 Å². The Labute approximate surface area is 59.0 Å². The van der Waals surface area contributed by atoms with E-state index in [2.05, 4.69) is 12.2 Å². The lowest BCUT2D eigenvalue weighted by Gasteiger charge is -1.96. The van der Waals surface area contributed by atoms with E-state index in [9.17, 15) is 4.79 Å². The van der Waals surface area contributed by atoms with Gasteiger partial charge < -0.3 is 5.23 Å². The Bertz CT molecular complexity index is 89.0. The predicted molar refractivity (Wildman–Crippen MR) is 45.0 cm³/mol. The average Bonchev–Trinajstić information content (AvgIpc) is 1.85. The van der Waals surface area contributed by atoms with Gasteiger partial charge in [-0.15, -0.1) is 0 Å². The highest BCUT2D eigenvalue weighted by atomic mass is 31.1. The summed E-state index contributed by atoms with van der Waals surface area (Å²) >= 11 is 0. The van der Waals surface area contributed by atoms with Crippen LogP contribution in [0.25, 0.3) is 0 Å². The third-order valence-electron chi connectivity index (χ3n) is 0.910. The van der Waals surface area contributed by atoms with Crippen LogP contribution in [0.3, 0.4) is 0 Å². The van der Waals surface area contributed by atoms with Crippen molar-refractivity contribution in [3.8, 4) is 0 Å². The summed E-state index contributed by atoms with van der Waals surface area (Å²) in [7, 11) is 2.31. The largest absolute Gasteiger partial charge is 0.356 e. The summed E-state index contributed by atoms with van der Waals surface area (Å²) in [5.41, 5.74) is 0.347. The molecular weight excluding hydrogens is 132 g/mol. The SMILES string of the molecule is BNCC(=O)PCCC. The van der Waals surface area contributed by atoms with Gasteiger partial charge in [-0.2, -0.15) is 0 Å². The third-order valence-corrected chi connectivity index (χ3v) is 2.23. The molecule has 0 spiro atoms. The molecular formula is C5H13BNOP. The Morgan fingerprint density at radius 2 is 2.44 bits per heavy atom. The zero-order chi connectivity index (χ0) is 7.11. The van der Waals surface area contributed by atoms with Gasteiger partial charge in [0, 0.05) is 6.54 Å². The molecule has 1 unspecified atom stereocenters. The van der Waals surface area contributed by atoms with Crippen LogP contribution >= 0.6 is 8.58 Å². The van der Waals surface area contributed by atoms with Gasteiger partial charge in [-0.05, 0) is 14.7 Å². The van der Waals surface area contributed by atoms with Gasteiger partial charge in [-0.1, -0.05) is 13.3 Å². The molecule has 0 aliphatic rings. The molecule has 0 aromatic heterocycles. The highest BCUT2D eigenvalue weighted by Crippen LogP contribution is 2.10. The second-order valence-corrected chi connectivity index (χ2v) is 3.29. The molecule has 2 nitrogen and oxygen atoms in total. The fourth-order valence-electron chi connectivity index (χ4n) is 0.487. The van der Waals surface area contributed by atoms with Crippen molar-refractivity contribution in [3.63, 3.8) is 0 Å². The smallest absolute Gasteiger partial charge is 0.182 e. The van der Waals surface area contributed by atoms with Crippen molar-refractivity contribution in [2.45, 2.75) is 13.3 Å². The molecule has 52 valence electrons. The zero-order valence-corrected chi connectivity index (χ0v) is 7.03. The summed E-state index contributed by atoms with van der Waals surface area (Å²) in [5, 5.41) is 2.83. The van der Waals surface area contributed by atoms with Crippen molar-refractivity contribution in [2.24, 2.45) is 0 Å². The second kappa shape index (κ2) is 6.25. The van der Waals surface area contributed by atoms with Crippen LogP contribution < -0.4 is 5.23 Å². The van der Waals surface area contributed by atoms with E-state index in [1.54, 1.807) is 7.98 Å². The van der Waals surface area contributed by atoms with Crippen molar-refractivity contribution in [2.75, 3.05) is 12.7 Å². The maximum Gasteiger partial charge on any atom is 0.182 e. The molecule has 0 heterocycles. The number of hydrogen-bond acceptors (Lipinski definition) is 2. The highest BCUT2D eigenvalue weighted by molar-refractivity contribution is 7.57. The molecule has 1 atom stereocenters. The van der Waals surface area contributed by atoms with Crippen LogP contribution in [0.2, 0.25) is 0 Å². The van der Waals surface area contributed by atoms with Gasteiger partial charge in [-0.25, -0.2) is 0 Å². The number of carbonyl (C=O) groups is 1. The maximum atomic E-state index is 10.8. The minimum atomic E-state index is 0.347. The van der Waals surface area contributed by atoms with E-state index in [0.717, 1.165) is 12.6 Å². The van der Waals surface area contributed by atoms with E-state index in [0.29, 0.717) is 20.6 Å². The normalized spacial score (nSPS) is 10.8. The first-order chi connectivity index (χ1) is 4.31. The molecule has 0 bridgehead atoms. The molecule has 0 rings (SSSR count). The van der Waals surface area contributed by atoms with Crippen LogP contribution in [0.1, 0.15) is 13.3 Å². The molecule has 0 amide bonds. The molecule has 0 aromatic carbocycles. The average molecular weight is 145 g/mol. The van der Waals surface area contributed by atoms with E-state index < -0.39 is 0 Å². The topological polar surface area (TPSA) is 29.1 Å². The van der Waals surface area contributed by atoms with Crippen LogP contribution in [0.5, 0.6) is 0 Å². The fourth-order valence-corrected chi connectivity index (χ4v) is 1.32. The standard InChI is InChI=1S/C5H13BNOP/c1-2-3-9-5(8)4-7-6/h7,9H,2-4,6H2,1H3. The lowest BCUT2D eigenvalue weighted by atomic mass is 10.4. The van der Waals surface area contributed by atoms with Crippen LogP contribution in [0, 0.1) is 0 Å². The van der Waals surface area contributed by atoms with Crippen LogP contribution in [0.4, 0.5) is 0 Å². The molecule has 0 saturated carbocycles. The van der Waals surface area contributed by atoms with Gasteiger partial charge in [0.2, 0.25) is 0 Å². The predicted octanol–water partition coefficient (Wildman–Crippen LogP) is -0.261. The van der Waals surface area contributed by atoms with Gasteiger partial charge in [0.15, 0.2) is 13.5 Å². The molecule has 0 aliphatic heterocycles. The van der Waals surface area contributed by atoms with Crippen LogP contribution in [-0.4, -0.2) is 26.2 Å². The molecule has 0 radical (unpaired) electrons. The first-order valence-electron chi connectivity index (χ1n) is 3.22. The van der Waals surface area contributed by atoms with Crippen molar-refractivity contribution in [3.05, 3.63) is 0 Å². The van der Waals surface area contributed by atoms with Crippen molar-refractivity contribution < 1.29 is 4.79 Å². The molecule has 4 heteroatoms. The molecule has 0 saturated heterocycles. The lowest BCUT2D eigenvalue weighted by Crippen LogP contribution is -2.16. The van der Waals surface area contributed by atoms with E-state index >= 15 is 0 Å². The number of nitrogens with one attached hydrogen (secondary N) is 1.